The van der Waals surface area contributed by atoms with Crippen LogP contribution in [0.5, 0.6) is 0 Å². The summed E-state index contributed by atoms with van der Waals surface area (Å²) in [5.74, 6) is 1.45. The van der Waals surface area contributed by atoms with E-state index in [1.165, 1.54) is 0 Å². The van der Waals surface area contributed by atoms with Crippen molar-refractivity contribution in [2.24, 2.45) is 0 Å². The fourth-order valence-electron chi connectivity index (χ4n) is 1.65. The number of H-pyrrole nitrogens is 1. The summed E-state index contributed by atoms with van der Waals surface area (Å²) in [6.45, 7) is 4.06. The number of hydrogen-bond acceptors (Lipinski definition) is 5. The first-order valence-corrected chi connectivity index (χ1v) is 5.17. The molecule has 84 valence electrons. The van der Waals surface area contributed by atoms with Crippen LogP contribution in [0.25, 0.3) is 11.5 Å². The van der Waals surface area contributed by atoms with Crippen LogP contribution in [-0.4, -0.2) is 32.4 Å². The number of hydrogen-bond donors (Lipinski definition) is 2. The molecule has 0 aliphatic carbocycles. The van der Waals surface area contributed by atoms with Crippen LogP contribution in [0.3, 0.4) is 0 Å². The van der Waals surface area contributed by atoms with Gasteiger partial charge in [-0.2, -0.15) is 15.4 Å². The third kappa shape index (κ3) is 1.73. The first-order valence-electron chi connectivity index (χ1n) is 5.17. The summed E-state index contributed by atoms with van der Waals surface area (Å²) < 4.78 is 0. The first kappa shape index (κ1) is 10.5. The van der Waals surface area contributed by atoms with Crippen molar-refractivity contribution in [1.29, 1.82) is 0 Å². The van der Waals surface area contributed by atoms with Crippen LogP contribution in [0.15, 0.2) is 6.20 Å². The van der Waals surface area contributed by atoms with Gasteiger partial charge in [0.05, 0.1) is 6.20 Å². The van der Waals surface area contributed by atoms with Crippen LogP contribution >= 0.6 is 0 Å². The second kappa shape index (κ2) is 4.26. The van der Waals surface area contributed by atoms with E-state index < -0.39 is 0 Å². The van der Waals surface area contributed by atoms with Gasteiger partial charge in [-0.05, 0) is 13.3 Å². The molecule has 0 amide bonds. The largest absolute Gasteiger partial charge is 0.373 e. The molecule has 2 aromatic rings. The fourth-order valence-corrected chi connectivity index (χ4v) is 1.65. The Morgan fingerprint density at radius 1 is 1.38 bits per heavy atom. The Kier molecular flexibility index (Phi) is 2.80. The summed E-state index contributed by atoms with van der Waals surface area (Å²) in [6.07, 6.45) is 2.51. The molecule has 16 heavy (non-hydrogen) atoms. The average molecular weight is 218 g/mol. The standard InChI is InChI=1S/C10H14N6/c1-4-7-6(2)13-10(14-9(7)11-3)8-5-12-16-15-8/h5H,4H2,1-3H3,(H,11,13,14)(H,12,15,16). The molecule has 6 nitrogen and oxygen atoms in total. The van der Waals surface area contributed by atoms with Crippen molar-refractivity contribution < 1.29 is 0 Å². The molecular formula is C10H14N6. The van der Waals surface area contributed by atoms with Crippen LogP contribution in [0, 0.1) is 6.92 Å². The van der Waals surface area contributed by atoms with E-state index in [1.807, 2.05) is 14.0 Å². The molecule has 0 aliphatic heterocycles. The third-order valence-electron chi connectivity index (χ3n) is 2.45. The van der Waals surface area contributed by atoms with Crippen molar-refractivity contribution >= 4 is 5.82 Å². The molecule has 0 spiro atoms. The highest BCUT2D eigenvalue weighted by atomic mass is 15.3. The predicted molar refractivity (Wildman–Crippen MR) is 61.1 cm³/mol. The Balaban J connectivity index is 2.54. The van der Waals surface area contributed by atoms with E-state index in [4.69, 9.17) is 0 Å². The first-order chi connectivity index (χ1) is 7.76. The number of anilines is 1. The van der Waals surface area contributed by atoms with Gasteiger partial charge in [-0.25, -0.2) is 9.97 Å². The lowest BCUT2D eigenvalue weighted by atomic mass is 10.1. The van der Waals surface area contributed by atoms with Crippen LogP contribution in [0.1, 0.15) is 18.2 Å². The van der Waals surface area contributed by atoms with Gasteiger partial charge in [-0.15, -0.1) is 0 Å². The molecule has 0 atom stereocenters. The molecule has 0 bridgehead atoms. The SMILES string of the molecule is CCc1c(C)nc(-c2cn[nH]n2)nc1NC. The molecule has 0 aliphatic rings. The summed E-state index contributed by atoms with van der Waals surface area (Å²) in [5, 5.41) is 13.4. The second-order valence-electron chi connectivity index (χ2n) is 3.42. The van der Waals surface area contributed by atoms with Gasteiger partial charge in [0.1, 0.15) is 11.5 Å². The highest BCUT2D eigenvalue weighted by Crippen LogP contribution is 2.20. The number of nitrogens with zero attached hydrogens (tertiary/aromatic N) is 4. The predicted octanol–water partition coefficient (Wildman–Crippen LogP) is 1.17. The molecular weight excluding hydrogens is 204 g/mol. The van der Waals surface area contributed by atoms with Gasteiger partial charge < -0.3 is 5.32 Å². The van der Waals surface area contributed by atoms with E-state index in [9.17, 15) is 0 Å². The lowest BCUT2D eigenvalue weighted by Crippen LogP contribution is -2.05. The lowest BCUT2D eigenvalue weighted by Gasteiger charge is -2.10. The van der Waals surface area contributed by atoms with Gasteiger partial charge in [-0.1, -0.05) is 6.92 Å². The Morgan fingerprint density at radius 3 is 2.75 bits per heavy atom. The zero-order chi connectivity index (χ0) is 11.5. The van der Waals surface area contributed by atoms with Gasteiger partial charge in [0.2, 0.25) is 0 Å². The molecule has 2 heterocycles. The minimum absolute atomic E-state index is 0.591. The van der Waals surface area contributed by atoms with Gasteiger partial charge in [0.15, 0.2) is 5.82 Å². The highest BCUT2D eigenvalue weighted by molar-refractivity contribution is 5.55. The van der Waals surface area contributed by atoms with Crippen molar-refractivity contribution in [2.75, 3.05) is 12.4 Å². The van der Waals surface area contributed by atoms with E-state index in [2.05, 4.69) is 37.6 Å². The summed E-state index contributed by atoms with van der Waals surface area (Å²) in [6, 6.07) is 0. The maximum Gasteiger partial charge on any atom is 0.183 e. The molecule has 0 radical (unpaired) electrons. The van der Waals surface area contributed by atoms with Crippen LogP contribution in [-0.2, 0) is 6.42 Å². The van der Waals surface area contributed by atoms with E-state index in [0.29, 0.717) is 11.5 Å². The quantitative estimate of drug-likeness (QED) is 0.808. The summed E-state index contributed by atoms with van der Waals surface area (Å²) >= 11 is 0. The van der Waals surface area contributed by atoms with E-state index in [0.717, 1.165) is 23.5 Å². The van der Waals surface area contributed by atoms with Crippen LogP contribution in [0.2, 0.25) is 0 Å². The molecule has 0 fully saturated rings. The van der Waals surface area contributed by atoms with Crippen molar-refractivity contribution in [3.63, 3.8) is 0 Å². The zero-order valence-electron chi connectivity index (χ0n) is 9.57. The zero-order valence-corrected chi connectivity index (χ0v) is 9.57. The Bertz CT molecular complexity index is 476. The Morgan fingerprint density at radius 2 is 2.19 bits per heavy atom. The number of nitrogens with one attached hydrogen (secondary N) is 2. The molecule has 6 heteroatoms. The van der Waals surface area contributed by atoms with Gasteiger partial charge in [0, 0.05) is 18.3 Å². The fraction of sp³-hybridized carbons (Fsp3) is 0.400. The molecule has 2 N–H and O–H groups in total. The third-order valence-corrected chi connectivity index (χ3v) is 2.45. The maximum atomic E-state index is 4.42. The van der Waals surface area contributed by atoms with E-state index >= 15 is 0 Å². The molecule has 0 unspecified atom stereocenters. The smallest absolute Gasteiger partial charge is 0.183 e. The summed E-state index contributed by atoms with van der Waals surface area (Å²) in [4.78, 5) is 8.84. The summed E-state index contributed by atoms with van der Waals surface area (Å²) in [7, 11) is 1.85. The van der Waals surface area contributed by atoms with Crippen molar-refractivity contribution in [3.8, 4) is 11.5 Å². The monoisotopic (exact) mass is 218 g/mol. The molecule has 0 aromatic carbocycles. The molecule has 2 rings (SSSR count). The second-order valence-corrected chi connectivity index (χ2v) is 3.42. The van der Waals surface area contributed by atoms with Gasteiger partial charge in [0.25, 0.3) is 0 Å². The average Bonchev–Trinajstić information content (AvgIpc) is 2.81. The van der Waals surface area contributed by atoms with E-state index in [1.54, 1.807) is 6.20 Å². The summed E-state index contributed by atoms with van der Waals surface area (Å²) in [5.41, 5.74) is 2.76. The van der Waals surface area contributed by atoms with E-state index in [-0.39, 0.29) is 0 Å². The lowest BCUT2D eigenvalue weighted by molar-refractivity contribution is 0.934. The molecule has 0 saturated heterocycles. The minimum Gasteiger partial charge on any atom is -0.373 e. The number of aryl methyl sites for hydroxylation is 1. The molecule has 0 saturated carbocycles. The van der Waals surface area contributed by atoms with Crippen molar-refractivity contribution in [3.05, 3.63) is 17.5 Å². The Hall–Kier alpha value is -1.98. The van der Waals surface area contributed by atoms with Crippen LogP contribution in [0.4, 0.5) is 5.82 Å². The topological polar surface area (TPSA) is 79.4 Å². The molecule has 2 aromatic heterocycles. The highest BCUT2D eigenvalue weighted by Gasteiger charge is 2.11. The van der Waals surface area contributed by atoms with Crippen LogP contribution < -0.4 is 5.32 Å². The normalized spacial score (nSPS) is 10.4. The maximum absolute atomic E-state index is 4.42. The van der Waals surface area contributed by atoms with Crippen molar-refractivity contribution in [1.82, 2.24) is 25.4 Å². The number of aromatic nitrogens is 5. The Labute approximate surface area is 93.5 Å². The van der Waals surface area contributed by atoms with Gasteiger partial charge in [-0.3, -0.25) is 0 Å². The minimum atomic E-state index is 0.591. The number of rotatable bonds is 3. The van der Waals surface area contributed by atoms with Crippen molar-refractivity contribution in [2.45, 2.75) is 20.3 Å². The van der Waals surface area contributed by atoms with Gasteiger partial charge >= 0.3 is 0 Å². The number of aromatic amines is 1.